The van der Waals surface area contributed by atoms with E-state index in [0.29, 0.717) is 24.6 Å². The van der Waals surface area contributed by atoms with Gasteiger partial charge in [0.15, 0.2) is 17.7 Å². The van der Waals surface area contributed by atoms with Gasteiger partial charge in [-0.1, -0.05) is 19.4 Å². The Hall–Kier alpha value is -3.31. The summed E-state index contributed by atoms with van der Waals surface area (Å²) in [4.78, 5) is 30.7. The van der Waals surface area contributed by atoms with Crippen LogP contribution in [0.25, 0.3) is 11.8 Å². The lowest BCUT2D eigenvalue weighted by Crippen LogP contribution is -2.62. The van der Waals surface area contributed by atoms with Gasteiger partial charge in [-0.05, 0) is 109 Å². The van der Waals surface area contributed by atoms with Crippen molar-refractivity contribution in [2.75, 3.05) is 6.01 Å². The first-order valence-electron chi connectivity index (χ1n) is 14.7. The van der Waals surface area contributed by atoms with E-state index in [4.69, 9.17) is 9.15 Å². The first kappa shape index (κ1) is 28.5. The number of benzene rings is 1. The fourth-order valence-corrected chi connectivity index (χ4v) is 9.90. The number of halogens is 2. The Balaban J connectivity index is 1.23. The molecule has 43 heavy (non-hydrogen) atoms. The number of aliphatic hydroxyl groups excluding tert-OH is 1. The van der Waals surface area contributed by atoms with E-state index < -0.39 is 34.2 Å². The van der Waals surface area contributed by atoms with Crippen LogP contribution in [0.2, 0.25) is 0 Å². The van der Waals surface area contributed by atoms with E-state index in [9.17, 15) is 23.5 Å². The highest BCUT2D eigenvalue weighted by atomic mass is 32.2. The fourth-order valence-electron chi connectivity index (χ4n) is 9.20. The van der Waals surface area contributed by atoms with Crippen molar-refractivity contribution in [1.29, 1.82) is 0 Å². The molecule has 11 heteroatoms. The lowest BCUT2D eigenvalue weighted by atomic mass is 9.45. The number of alkyl halides is 1. The molecule has 0 bridgehead atoms. The molecule has 2 heterocycles. The number of allylic oxidation sites excluding steroid dienone is 1. The zero-order valence-electron chi connectivity index (χ0n) is 24.0. The normalized spacial score (nSPS) is 34.4. The fraction of sp³-hybridized carbons (Fsp3) is 0.500. The number of carbonyl (C=O) groups is 2. The van der Waals surface area contributed by atoms with Crippen LogP contribution in [0.5, 0.6) is 0 Å². The van der Waals surface area contributed by atoms with Gasteiger partial charge in [-0.3, -0.25) is 4.79 Å². The van der Waals surface area contributed by atoms with Gasteiger partial charge in [0.05, 0.1) is 23.7 Å². The number of nitrogens with zero attached hydrogens (tertiary/aromatic N) is 3. The number of hydrogen-bond acceptors (Lipinski definition) is 8. The Morgan fingerprint density at radius 2 is 2.02 bits per heavy atom. The SMILES string of the molecule is C[C@]12Cc3cnn(-c4ccc(F)cc4)c3C=C1CC[C@@H]1[C@@H]2[C@@H](O)C[C@@]2(C)[C@H]1CC[C@]2(OC(=O)c1cocn1)C(=O)SCF. The summed E-state index contributed by atoms with van der Waals surface area (Å²) in [7, 11) is 0. The molecule has 1 N–H and O–H groups in total. The van der Waals surface area contributed by atoms with E-state index in [-0.39, 0.29) is 47.5 Å². The zero-order valence-corrected chi connectivity index (χ0v) is 24.8. The van der Waals surface area contributed by atoms with E-state index in [0.717, 1.165) is 42.4 Å². The molecule has 0 radical (unpaired) electrons. The molecule has 3 aromatic rings. The van der Waals surface area contributed by atoms with Gasteiger partial charge in [-0.15, -0.1) is 0 Å². The molecule has 226 valence electrons. The predicted octanol–water partition coefficient (Wildman–Crippen LogP) is 5.93. The van der Waals surface area contributed by atoms with Gasteiger partial charge in [-0.25, -0.2) is 23.2 Å². The van der Waals surface area contributed by atoms with Crippen LogP contribution in [-0.4, -0.2) is 48.7 Å². The van der Waals surface area contributed by atoms with Gasteiger partial charge in [0.1, 0.15) is 18.1 Å². The van der Waals surface area contributed by atoms with Crippen molar-refractivity contribution in [2.24, 2.45) is 28.6 Å². The summed E-state index contributed by atoms with van der Waals surface area (Å²) in [6.45, 7) is 4.15. The Kier molecular flexibility index (Phi) is 6.70. The summed E-state index contributed by atoms with van der Waals surface area (Å²) in [5.41, 5.74) is 1.18. The molecule has 0 aliphatic heterocycles. The van der Waals surface area contributed by atoms with E-state index in [2.05, 4.69) is 23.1 Å². The van der Waals surface area contributed by atoms with Crippen LogP contribution in [0.4, 0.5) is 8.78 Å². The van der Waals surface area contributed by atoms with Crippen molar-refractivity contribution in [3.05, 3.63) is 71.5 Å². The minimum Gasteiger partial charge on any atom is -0.451 e. The first-order chi connectivity index (χ1) is 20.6. The van der Waals surface area contributed by atoms with Crippen LogP contribution in [0.15, 0.2) is 53.1 Å². The van der Waals surface area contributed by atoms with Crippen LogP contribution >= 0.6 is 11.8 Å². The number of aromatic nitrogens is 3. The monoisotopic (exact) mass is 609 g/mol. The molecule has 8 nitrogen and oxygen atoms in total. The summed E-state index contributed by atoms with van der Waals surface area (Å²) >= 11 is 0.515. The highest BCUT2D eigenvalue weighted by Gasteiger charge is 2.70. The number of ether oxygens (including phenoxy) is 1. The summed E-state index contributed by atoms with van der Waals surface area (Å²) in [6.07, 6.45) is 8.98. The molecule has 1 aromatic carbocycles. The van der Waals surface area contributed by atoms with Crippen molar-refractivity contribution in [3.63, 3.8) is 0 Å². The standard InChI is InChI=1S/C32H33F2N3O5S/c1-30-12-18-14-36-37(21-6-4-20(34)5-7-21)25(18)11-19(30)3-8-22-23-9-10-32(29(40)43-16-33,31(23,2)13-26(38)27(22)30)42-28(39)24-15-41-17-35-24/h4-7,11,14-15,17,22-23,26-27,38H,3,8-10,12-13,16H2,1-2H3/t22-,23-,26-,27+,30-,31-,32-/m0/s1. The molecule has 0 unspecified atom stereocenters. The van der Waals surface area contributed by atoms with Gasteiger partial charge in [0.25, 0.3) is 0 Å². The molecule has 2 aromatic heterocycles. The first-order valence-corrected chi connectivity index (χ1v) is 15.7. The molecular weight excluding hydrogens is 576 g/mol. The van der Waals surface area contributed by atoms with Crippen LogP contribution in [0, 0.1) is 34.4 Å². The van der Waals surface area contributed by atoms with Crippen LogP contribution in [0.1, 0.15) is 67.7 Å². The molecule has 0 spiro atoms. The van der Waals surface area contributed by atoms with E-state index >= 15 is 0 Å². The minimum absolute atomic E-state index is 0.0168. The summed E-state index contributed by atoms with van der Waals surface area (Å²) < 4.78 is 40.0. The minimum atomic E-state index is -1.59. The second-order valence-electron chi connectivity index (χ2n) is 12.9. The number of thioether (sulfide) groups is 1. The average molecular weight is 610 g/mol. The maximum Gasteiger partial charge on any atom is 0.361 e. The Bertz CT molecular complexity index is 1610. The largest absolute Gasteiger partial charge is 0.451 e. The van der Waals surface area contributed by atoms with Crippen molar-refractivity contribution >= 4 is 28.9 Å². The molecule has 4 aliphatic carbocycles. The van der Waals surface area contributed by atoms with E-state index in [1.807, 2.05) is 17.8 Å². The number of oxazole rings is 1. The van der Waals surface area contributed by atoms with Crippen molar-refractivity contribution < 1.29 is 32.6 Å². The Morgan fingerprint density at radius 1 is 1.23 bits per heavy atom. The number of fused-ring (bicyclic) bond motifs is 6. The molecule has 4 aliphatic rings. The Morgan fingerprint density at radius 3 is 2.74 bits per heavy atom. The van der Waals surface area contributed by atoms with Crippen molar-refractivity contribution in [3.8, 4) is 5.69 Å². The number of carbonyl (C=O) groups excluding carboxylic acids is 2. The van der Waals surface area contributed by atoms with Gasteiger partial charge in [-0.2, -0.15) is 5.10 Å². The average Bonchev–Trinajstić information content (AvgIpc) is 3.71. The smallest absolute Gasteiger partial charge is 0.361 e. The summed E-state index contributed by atoms with van der Waals surface area (Å²) in [5.74, 6) is -1.13. The number of aliphatic hydroxyl groups is 1. The lowest BCUT2D eigenvalue weighted by Gasteiger charge is -2.60. The van der Waals surface area contributed by atoms with Gasteiger partial charge in [0, 0.05) is 5.41 Å². The molecular formula is C32H33F2N3O5S. The second kappa shape index (κ2) is 10.1. The predicted molar refractivity (Wildman–Crippen MR) is 154 cm³/mol. The van der Waals surface area contributed by atoms with Crippen LogP contribution in [0.3, 0.4) is 0 Å². The third-order valence-electron chi connectivity index (χ3n) is 11.0. The van der Waals surface area contributed by atoms with E-state index in [1.54, 1.807) is 12.1 Å². The zero-order chi connectivity index (χ0) is 30.1. The lowest BCUT2D eigenvalue weighted by molar-refractivity contribution is -0.174. The van der Waals surface area contributed by atoms with Crippen LogP contribution < -0.4 is 0 Å². The summed E-state index contributed by atoms with van der Waals surface area (Å²) in [6, 6.07) is 5.33. The number of hydrogen-bond donors (Lipinski definition) is 1. The maximum atomic E-state index is 13.6. The molecule has 0 amide bonds. The van der Waals surface area contributed by atoms with Crippen molar-refractivity contribution in [2.45, 2.75) is 64.1 Å². The van der Waals surface area contributed by atoms with Gasteiger partial charge < -0.3 is 14.3 Å². The molecule has 3 fully saturated rings. The number of esters is 1. The third-order valence-corrected chi connectivity index (χ3v) is 11.7. The maximum absolute atomic E-state index is 13.6. The molecule has 7 atom stereocenters. The highest BCUT2D eigenvalue weighted by Crippen LogP contribution is 2.69. The van der Waals surface area contributed by atoms with Gasteiger partial charge in [0.2, 0.25) is 5.12 Å². The third kappa shape index (κ3) is 4.10. The van der Waals surface area contributed by atoms with E-state index in [1.165, 1.54) is 17.7 Å². The second-order valence-corrected chi connectivity index (χ2v) is 13.8. The highest BCUT2D eigenvalue weighted by molar-refractivity contribution is 8.13. The van der Waals surface area contributed by atoms with Crippen molar-refractivity contribution in [1.82, 2.24) is 14.8 Å². The molecule has 3 saturated carbocycles. The topological polar surface area (TPSA) is 107 Å². The quantitative estimate of drug-likeness (QED) is 0.355. The van der Waals surface area contributed by atoms with Gasteiger partial charge >= 0.3 is 5.97 Å². The number of rotatable bonds is 5. The molecule has 7 rings (SSSR count). The summed E-state index contributed by atoms with van der Waals surface area (Å²) in [5, 5.41) is 16.1. The van der Waals surface area contributed by atoms with Crippen LogP contribution in [-0.2, 0) is 16.0 Å². The Labute approximate surface area is 251 Å². The molecule has 0 saturated heterocycles.